The molecule has 1 aliphatic carbocycles. The SMILES string of the molecule is C.C=C/C=C1/CC(C(=O)O)CC(=O)/C1=C/C.CC.CC. The highest BCUT2D eigenvalue weighted by Gasteiger charge is 2.30. The first kappa shape index (κ1) is 23.5. The maximum atomic E-state index is 11.6. The van der Waals surface area contributed by atoms with Crippen molar-refractivity contribution in [3.63, 3.8) is 0 Å². The van der Waals surface area contributed by atoms with Crippen molar-refractivity contribution < 1.29 is 14.7 Å². The van der Waals surface area contributed by atoms with Gasteiger partial charge in [-0.15, -0.1) is 0 Å². The van der Waals surface area contributed by atoms with Crippen molar-refractivity contribution in [2.45, 2.75) is 54.9 Å². The second-order valence-corrected chi connectivity index (χ2v) is 3.50. The second kappa shape index (κ2) is 13.8. The number of Topliss-reactive ketones (excluding diaryl/α,β-unsaturated/α-hetero) is 1. The van der Waals surface area contributed by atoms with Gasteiger partial charge in [0.05, 0.1) is 5.92 Å². The lowest BCUT2D eigenvalue weighted by atomic mass is 9.81. The van der Waals surface area contributed by atoms with Crippen LogP contribution in [0.5, 0.6) is 0 Å². The summed E-state index contributed by atoms with van der Waals surface area (Å²) in [6.45, 7) is 13.3. The number of rotatable bonds is 2. The lowest BCUT2D eigenvalue weighted by Crippen LogP contribution is -2.25. The largest absolute Gasteiger partial charge is 0.481 e. The number of allylic oxidation sites excluding steroid dienone is 5. The molecule has 3 nitrogen and oxygen atoms in total. The Hall–Kier alpha value is -1.64. The molecule has 1 unspecified atom stereocenters. The van der Waals surface area contributed by atoms with E-state index in [9.17, 15) is 9.59 Å². The van der Waals surface area contributed by atoms with Crippen LogP contribution in [0.15, 0.2) is 36.0 Å². The van der Waals surface area contributed by atoms with Crippen LogP contribution < -0.4 is 0 Å². The molecule has 0 aromatic rings. The number of carbonyl (C=O) groups excluding carboxylic acids is 1. The van der Waals surface area contributed by atoms with E-state index in [-0.39, 0.29) is 19.6 Å². The molecule has 0 spiro atoms. The number of carbonyl (C=O) groups is 2. The van der Waals surface area contributed by atoms with Crippen LogP contribution in [0.4, 0.5) is 0 Å². The Morgan fingerprint density at radius 3 is 2.10 bits per heavy atom. The highest BCUT2D eigenvalue weighted by Crippen LogP contribution is 2.30. The molecule has 3 heteroatoms. The smallest absolute Gasteiger partial charge is 0.307 e. The number of aliphatic carboxylic acids is 1. The third kappa shape index (κ3) is 7.07. The van der Waals surface area contributed by atoms with Crippen molar-refractivity contribution >= 4 is 11.8 Å². The third-order valence-electron chi connectivity index (χ3n) is 2.50. The van der Waals surface area contributed by atoms with Crippen LogP contribution in [0.2, 0.25) is 0 Å². The summed E-state index contributed by atoms with van der Waals surface area (Å²) in [5.74, 6) is -1.59. The van der Waals surface area contributed by atoms with Crippen molar-refractivity contribution in [3.05, 3.63) is 36.0 Å². The summed E-state index contributed by atoms with van der Waals surface area (Å²) in [5, 5.41) is 8.88. The van der Waals surface area contributed by atoms with Crippen LogP contribution in [-0.2, 0) is 9.59 Å². The summed E-state index contributed by atoms with van der Waals surface area (Å²) in [4.78, 5) is 22.4. The maximum Gasteiger partial charge on any atom is 0.307 e. The monoisotopic (exact) mass is 282 g/mol. The highest BCUT2D eigenvalue weighted by molar-refractivity contribution is 6.02. The van der Waals surface area contributed by atoms with Gasteiger partial charge >= 0.3 is 5.97 Å². The van der Waals surface area contributed by atoms with E-state index in [1.54, 1.807) is 25.2 Å². The van der Waals surface area contributed by atoms with Crippen molar-refractivity contribution in [2.75, 3.05) is 0 Å². The van der Waals surface area contributed by atoms with E-state index in [0.717, 1.165) is 5.57 Å². The number of hydrogen-bond acceptors (Lipinski definition) is 2. The van der Waals surface area contributed by atoms with E-state index >= 15 is 0 Å². The molecule has 20 heavy (non-hydrogen) atoms. The van der Waals surface area contributed by atoms with E-state index in [0.29, 0.717) is 12.0 Å². The summed E-state index contributed by atoms with van der Waals surface area (Å²) >= 11 is 0. The number of carboxylic acid groups (broad SMARTS) is 1. The number of ketones is 1. The van der Waals surface area contributed by atoms with E-state index in [1.807, 2.05) is 27.7 Å². The quantitative estimate of drug-likeness (QED) is 0.740. The molecule has 0 radical (unpaired) electrons. The molecule has 0 aromatic heterocycles. The Kier molecular flexibility index (Phi) is 16.2. The zero-order chi connectivity index (χ0) is 15.4. The van der Waals surface area contributed by atoms with Gasteiger partial charge in [-0.1, -0.05) is 59.9 Å². The predicted molar refractivity (Wildman–Crippen MR) is 86.8 cm³/mol. The summed E-state index contributed by atoms with van der Waals surface area (Å²) in [6, 6.07) is 0. The van der Waals surface area contributed by atoms with E-state index < -0.39 is 11.9 Å². The fourth-order valence-electron chi connectivity index (χ4n) is 1.78. The van der Waals surface area contributed by atoms with Gasteiger partial charge in [0.15, 0.2) is 5.78 Å². The average molecular weight is 282 g/mol. The molecule has 0 aliphatic heterocycles. The highest BCUT2D eigenvalue weighted by atomic mass is 16.4. The molecule has 0 heterocycles. The van der Waals surface area contributed by atoms with Crippen LogP contribution in [-0.4, -0.2) is 16.9 Å². The molecule has 0 bridgehead atoms. The minimum Gasteiger partial charge on any atom is -0.481 e. The zero-order valence-electron chi connectivity index (χ0n) is 12.7. The minimum atomic E-state index is -0.909. The van der Waals surface area contributed by atoms with Gasteiger partial charge in [-0.3, -0.25) is 9.59 Å². The summed E-state index contributed by atoms with van der Waals surface area (Å²) < 4.78 is 0. The topological polar surface area (TPSA) is 54.4 Å². The number of hydrogen-bond donors (Lipinski definition) is 1. The minimum absolute atomic E-state index is 0. The van der Waals surface area contributed by atoms with Crippen molar-refractivity contribution in [1.82, 2.24) is 0 Å². The average Bonchev–Trinajstić information content (AvgIpc) is 2.43. The summed E-state index contributed by atoms with van der Waals surface area (Å²) in [7, 11) is 0. The molecule has 116 valence electrons. The molecule has 0 amide bonds. The van der Waals surface area contributed by atoms with Crippen molar-refractivity contribution in [3.8, 4) is 0 Å². The Labute approximate surface area is 124 Å². The number of carboxylic acids is 1. The van der Waals surface area contributed by atoms with Crippen LogP contribution in [0.25, 0.3) is 0 Å². The molecule has 1 atom stereocenters. The molecular formula is C17H30O3. The molecular weight excluding hydrogens is 252 g/mol. The van der Waals surface area contributed by atoms with Gasteiger partial charge < -0.3 is 5.11 Å². The molecule has 1 rings (SSSR count). The first-order valence-corrected chi connectivity index (χ1v) is 6.84. The lowest BCUT2D eigenvalue weighted by Gasteiger charge is -2.22. The van der Waals surface area contributed by atoms with Gasteiger partial charge in [-0.05, 0) is 18.9 Å². The van der Waals surface area contributed by atoms with Crippen LogP contribution >= 0.6 is 0 Å². The standard InChI is InChI=1S/C12H14O3.2C2H6.CH4/c1-3-5-8-6-9(12(14)15)7-11(13)10(8)4-2;2*1-2;/h3-5,9H,1,6-7H2,2H3,(H,14,15);2*1-2H3;1H4/b8-5-,10-4+;;;. The van der Waals surface area contributed by atoms with Gasteiger partial charge in [-0.2, -0.15) is 0 Å². The Morgan fingerprint density at radius 1 is 1.25 bits per heavy atom. The fourth-order valence-corrected chi connectivity index (χ4v) is 1.78. The van der Waals surface area contributed by atoms with Gasteiger partial charge in [0.25, 0.3) is 0 Å². The first-order valence-electron chi connectivity index (χ1n) is 6.84. The molecule has 0 aromatic carbocycles. The lowest BCUT2D eigenvalue weighted by molar-refractivity contribution is -0.143. The maximum absolute atomic E-state index is 11.6. The zero-order valence-corrected chi connectivity index (χ0v) is 12.7. The van der Waals surface area contributed by atoms with Crippen molar-refractivity contribution in [2.24, 2.45) is 5.92 Å². The predicted octanol–water partition coefficient (Wildman–Crippen LogP) is 4.80. The molecule has 1 aliphatic rings. The van der Waals surface area contributed by atoms with E-state index in [2.05, 4.69) is 6.58 Å². The van der Waals surface area contributed by atoms with Gasteiger partial charge in [-0.25, -0.2) is 0 Å². The normalized spacial score (nSPS) is 20.9. The summed E-state index contributed by atoms with van der Waals surface area (Å²) in [5.41, 5.74) is 1.41. The second-order valence-electron chi connectivity index (χ2n) is 3.50. The fraction of sp³-hybridized carbons (Fsp3) is 0.529. The Bertz CT molecular complexity index is 362. The molecule has 1 saturated carbocycles. The van der Waals surface area contributed by atoms with Crippen LogP contribution in [0.3, 0.4) is 0 Å². The van der Waals surface area contributed by atoms with Crippen LogP contribution in [0, 0.1) is 5.92 Å². The third-order valence-corrected chi connectivity index (χ3v) is 2.50. The Morgan fingerprint density at radius 2 is 1.75 bits per heavy atom. The van der Waals surface area contributed by atoms with E-state index in [1.165, 1.54) is 0 Å². The molecule has 1 N–H and O–H groups in total. The first-order chi connectivity index (χ1) is 9.10. The van der Waals surface area contributed by atoms with Gasteiger partial charge in [0.2, 0.25) is 0 Å². The molecule has 1 fully saturated rings. The summed E-state index contributed by atoms with van der Waals surface area (Å²) in [6.07, 6.45) is 5.53. The Balaban J connectivity index is -0.000000529. The van der Waals surface area contributed by atoms with Crippen molar-refractivity contribution in [1.29, 1.82) is 0 Å². The van der Waals surface area contributed by atoms with Gasteiger partial charge in [0.1, 0.15) is 0 Å². The van der Waals surface area contributed by atoms with E-state index in [4.69, 9.17) is 5.11 Å². The van der Waals surface area contributed by atoms with Gasteiger partial charge in [0, 0.05) is 12.0 Å². The molecule has 0 saturated heterocycles. The van der Waals surface area contributed by atoms with Crippen LogP contribution in [0.1, 0.15) is 54.9 Å².